The third-order valence-electron chi connectivity index (χ3n) is 3.62. The molecule has 1 aromatic rings. The zero-order valence-corrected chi connectivity index (χ0v) is 13.1. The highest BCUT2D eigenvalue weighted by Gasteiger charge is 2.48. The molecule has 1 fully saturated rings. The molecule has 1 heterocycles. The number of hydrogen-bond donors (Lipinski definition) is 2. The van der Waals surface area contributed by atoms with Crippen LogP contribution in [0.15, 0.2) is 30.3 Å². The molecule has 0 amide bonds. The molecule has 7 heteroatoms. The first-order valence-electron chi connectivity index (χ1n) is 7.36. The molecule has 0 aliphatic carbocycles. The zero-order chi connectivity index (χ0) is 16.8. The number of aliphatic hydroxyl groups excluding tert-OH is 2. The van der Waals surface area contributed by atoms with Crippen molar-refractivity contribution in [1.82, 2.24) is 0 Å². The Hall–Kier alpha value is -1.51. The molecule has 0 aromatic heterocycles. The van der Waals surface area contributed by atoms with Gasteiger partial charge in [0.05, 0.1) is 13.2 Å². The van der Waals surface area contributed by atoms with Crippen molar-refractivity contribution < 1.29 is 34.0 Å². The molecule has 0 radical (unpaired) electrons. The molecule has 7 nitrogen and oxygen atoms in total. The smallest absolute Gasteiger partial charge is 0.303 e. The van der Waals surface area contributed by atoms with Crippen LogP contribution in [-0.2, 0) is 30.3 Å². The number of ether oxygens (including phenoxy) is 4. The van der Waals surface area contributed by atoms with Gasteiger partial charge in [-0.15, -0.1) is 0 Å². The van der Waals surface area contributed by atoms with Gasteiger partial charge in [0, 0.05) is 14.0 Å². The van der Waals surface area contributed by atoms with Crippen molar-refractivity contribution in [2.24, 2.45) is 0 Å². The lowest BCUT2D eigenvalue weighted by Crippen LogP contribution is -2.61. The Morgan fingerprint density at radius 2 is 1.96 bits per heavy atom. The van der Waals surface area contributed by atoms with Crippen molar-refractivity contribution in [3.05, 3.63) is 35.9 Å². The Kier molecular flexibility index (Phi) is 6.49. The summed E-state index contributed by atoms with van der Waals surface area (Å²) in [6.45, 7) is 1.05. The Bertz CT molecular complexity index is 492. The van der Waals surface area contributed by atoms with Gasteiger partial charge in [-0.05, 0) is 5.56 Å². The number of methoxy groups -OCH3 is 1. The zero-order valence-electron chi connectivity index (χ0n) is 13.1. The average Bonchev–Trinajstić information content (AvgIpc) is 2.56. The van der Waals surface area contributed by atoms with E-state index in [1.165, 1.54) is 14.0 Å². The Morgan fingerprint density at radius 1 is 1.26 bits per heavy atom. The highest BCUT2D eigenvalue weighted by Crippen LogP contribution is 2.27. The number of rotatable bonds is 6. The van der Waals surface area contributed by atoms with Gasteiger partial charge in [-0.1, -0.05) is 30.3 Å². The highest BCUT2D eigenvalue weighted by atomic mass is 16.7. The summed E-state index contributed by atoms with van der Waals surface area (Å²) in [5, 5.41) is 19.6. The topological polar surface area (TPSA) is 94.5 Å². The van der Waals surface area contributed by atoms with Gasteiger partial charge in [0.15, 0.2) is 12.4 Å². The SMILES string of the molecule is CO[C@@H]1O[C@@H](CO)[C@@H](O)[C@H](OC(C)=O)[C@H]1OCc1ccccc1. The maximum absolute atomic E-state index is 11.3. The summed E-state index contributed by atoms with van der Waals surface area (Å²) >= 11 is 0. The summed E-state index contributed by atoms with van der Waals surface area (Å²) in [5.74, 6) is -0.559. The first kappa shape index (κ1) is 17.8. The molecule has 0 bridgehead atoms. The molecule has 0 saturated carbocycles. The molecular formula is C16H22O7. The van der Waals surface area contributed by atoms with Crippen LogP contribution in [0.1, 0.15) is 12.5 Å². The lowest BCUT2D eigenvalue weighted by molar-refractivity contribution is -0.307. The predicted octanol–water partition coefficient (Wildman–Crippen LogP) is 0.228. The fourth-order valence-electron chi connectivity index (χ4n) is 2.50. The molecule has 0 spiro atoms. The predicted molar refractivity (Wildman–Crippen MR) is 79.3 cm³/mol. The first-order chi connectivity index (χ1) is 11.1. The second-order valence-electron chi connectivity index (χ2n) is 5.29. The highest BCUT2D eigenvalue weighted by molar-refractivity contribution is 5.66. The normalized spacial score (nSPS) is 30.9. The van der Waals surface area contributed by atoms with Crippen molar-refractivity contribution in [1.29, 1.82) is 0 Å². The molecule has 0 unspecified atom stereocenters. The minimum absolute atomic E-state index is 0.239. The van der Waals surface area contributed by atoms with Gasteiger partial charge < -0.3 is 29.2 Å². The van der Waals surface area contributed by atoms with E-state index in [-0.39, 0.29) is 6.61 Å². The third-order valence-corrected chi connectivity index (χ3v) is 3.62. The Labute approximate surface area is 134 Å². The first-order valence-corrected chi connectivity index (χ1v) is 7.36. The van der Waals surface area contributed by atoms with Gasteiger partial charge in [0.25, 0.3) is 0 Å². The van der Waals surface area contributed by atoms with Crippen LogP contribution in [0.2, 0.25) is 0 Å². The summed E-state index contributed by atoms with van der Waals surface area (Å²) in [5.41, 5.74) is 0.919. The second kappa shape index (κ2) is 8.37. The van der Waals surface area contributed by atoms with Gasteiger partial charge in [0.2, 0.25) is 0 Å². The van der Waals surface area contributed by atoms with Crippen LogP contribution in [-0.4, -0.2) is 60.6 Å². The van der Waals surface area contributed by atoms with E-state index >= 15 is 0 Å². The van der Waals surface area contributed by atoms with Crippen molar-refractivity contribution >= 4 is 5.97 Å². The van der Waals surface area contributed by atoms with E-state index in [0.29, 0.717) is 0 Å². The van der Waals surface area contributed by atoms with Crippen LogP contribution in [0, 0.1) is 0 Å². The fourth-order valence-corrected chi connectivity index (χ4v) is 2.50. The number of benzene rings is 1. The largest absolute Gasteiger partial charge is 0.457 e. The maximum Gasteiger partial charge on any atom is 0.303 e. The lowest BCUT2D eigenvalue weighted by atomic mass is 9.98. The standard InChI is InChI=1S/C16H22O7/c1-10(18)22-14-13(19)12(8-17)23-16(20-2)15(14)21-9-11-6-4-3-5-7-11/h3-7,12-17,19H,8-9H2,1-2H3/t12-,13+,14-,15+,16+/m0/s1. The van der Waals surface area contributed by atoms with Gasteiger partial charge in [-0.3, -0.25) is 4.79 Å². The van der Waals surface area contributed by atoms with E-state index in [4.69, 9.17) is 18.9 Å². The van der Waals surface area contributed by atoms with E-state index < -0.39 is 43.3 Å². The molecule has 5 atom stereocenters. The van der Waals surface area contributed by atoms with E-state index in [9.17, 15) is 15.0 Å². The van der Waals surface area contributed by atoms with Crippen molar-refractivity contribution in [2.75, 3.05) is 13.7 Å². The van der Waals surface area contributed by atoms with Crippen LogP contribution in [0.3, 0.4) is 0 Å². The van der Waals surface area contributed by atoms with E-state index in [0.717, 1.165) is 5.56 Å². The number of hydrogen-bond acceptors (Lipinski definition) is 7. The summed E-state index contributed by atoms with van der Waals surface area (Å²) in [7, 11) is 1.42. The summed E-state index contributed by atoms with van der Waals surface area (Å²) in [6.07, 6.45) is -4.81. The molecule has 1 saturated heterocycles. The minimum atomic E-state index is -1.21. The number of esters is 1. The van der Waals surface area contributed by atoms with Gasteiger partial charge in [-0.2, -0.15) is 0 Å². The van der Waals surface area contributed by atoms with Gasteiger partial charge >= 0.3 is 5.97 Å². The van der Waals surface area contributed by atoms with Crippen molar-refractivity contribution in [3.8, 4) is 0 Å². The molecular weight excluding hydrogens is 304 g/mol. The molecule has 1 aromatic carbocycles. The van der Waals surface area contributed by atoms with Crippen molar-refractivity contribution in [3.63, 3.8) is 0 Å². The van der Waals surface area contributed by atoms with E-state index in [1.807, 2.05) is 30.3 Å². The van der Waals surface area contributed by atoms with Crippen LogP contribution < -0.4 is 0 Å². The molecule has 128 valence electrons. The molecule has 2 N–H and O–H groups in total. The second-order valence-corrected chi connectivity index (χ2v) is 5.29. The fraction of sp³-hybridized carbons (Fsp3) is 0.562. The summed E-state index contributed by atoms with van der Waals surface area (Å²) in [4.78, 5) is 11.3. The monoisotopic (exact) mass is 326 g/mol. The Morgan fingerprint density at radius 3 is 2.52 bits per heavy atom. The van der Waals surface area contributed by atoms with Crippen LogP contribution in [0.5, 0.6) is 0 Å². The Balaban J connectivity index is 2.14. The number of aliphatic hydroxyl groups is 2. The van der Waals surface area contributed by atoms with Crippen molar-refractivity contribution in [2.45, 2.75) is 44.2 Å². The van der Waals surface area contributed by atoms with Gasteiger partial charge in [0.1, 0.15) is 18.3 Å². The van der Waals surface area contributed by atoms with Crippen LogP contribution in [0.4, 0.5) is 0 Å². The molecule has 23 heavy (non-hydrogen) atoms. The third kappa shape index (κ3) is 4.49. The van der Waals surface area contributed by atoms with Crippen LogP contribution in [0.25, 0.3) is 0 Å². The summed E-state index contributed by atoms with van der Waals surface area (Å²) < 4.78 is 21.7. The number of carbonyl (C=O) groups is 1. The number of carbonyl (C=O) groups excluding carboxylic acids is 1. The molecule has 2 rings (SSSR count). The molecule has 1 aliphatic rings. The lowest BCUT2D eigenvalue weighted by Gasteiger charge is -2.42. The van der Waals surface area contributed by atoms with Crippen LogP contribution >= 0.6 is 0 Å². The van der Waals surface area contributed by atoms with Gasteiger partial charge in [-0.25, -0.2) is 0 Å². The maximum atomic E-state index is 11.3. The average molecular weight is 326 g/mol. The molecule has 1 aliphatic heterocycles. The summed E-state index contributed by atoms with van der Waals surface area (Å²) in [6, 6.07) is 9.43. The quantitative estimate of drug-likeness (QED) is 0.723. The van der Waals surface area contributed by atoms with E-state index in [2.05, 4.69) is 0 Å². The van der Waals surface area contributed by atoms with E-state index in [1.54, 1.807) is 0 Å². The minimum Gasteiger partial charge on any atom is -0.457 e.